The average Bonchev–Trinajstić information content (AvgIpc) is 0.789. The summed E-state index contributed by atoms with van der Waals surface area (Å²) in [5, 5.41) is 0. The van der Waals surface area contributed by atoms with E-state index in [4.69, 9.17) is 0 Å². The Bertz CT molecular complexity index is 7140. The summed E-state index contributed by atoms with van der Waals surface area (Å²) in [4.78, 5) is 6.97. The molecule has 135 heavy (non-hydrogen) atoms. The fourth-order valence-corrected chi connectivity index (χ4v) is 17.7. The van der Waals surface area contributed by atoms with Crippen LogP contribution in [0.15, 0.2) is 588 Å². The van der Waals surface area contributed by atoms with Crippen LogP contribution in [-0.2, 0) is 0 Å². The van der Waals surface area contributed by atoms with Crippen LogP contribution in [0, 0.1) is 0 Å². The van der Waals surface area contributed by atoms with Gasteiger partial charge in [-0.2, -0.15) is 0 Å². The Kier molecular flexibility index (Phi) is 26.1. The molecule has 3 nitrogen and oxygen atoms in total. The van der Waals surface area contributed by atoms with Crippen molar-refractivity contribution in [2.45, 2.75) is 0 Å². The molecule has 0 fully saturated rings. The summed E-state index contributed by atoms with van der Waals surface area (Å²) in [5.41, 5.74) is 41.6. The molecule has 22 aromatic rings. The van der Waals surface area contributed by atoms with Gasteiger partial charge in [-0.15, -0.1) is 0 Å². The van der Waals surface area contributed by atoms with Gasteiger partial charge in [-0.25, -0.2) is 0 Å². The van der Waals surface area contributed by atoms with Gasteiger partial charge in [0.2, 0.25) is 0 Å². The van der Waals surface area contributed by atoms with Gasteiger partial charge in [0.15, 0.2) is 0 Å². The highest BCUT2D eigenvalue weighted by Gasteiger charge is 2.20. The lowest BCUT2D eigenvalue weighted by atomic mass is 9.99. The second-order valence-corrected chi connectivity index (χ2v) is 33.5. The highest BCUT2D eigenvalue weighted by Crippen LogP contribution is 2.44. The standard InChI is InChI=1S/C48H35N.2C42H31N/c1-4-10-36(11-5-1)39-16-20-41(21-17-39)44-26-32-47(33-27-44)49(46-30-24-43(25-31-46)38-14-8-3-9-15-38)48-34-28-45(29-35-48)42-22-18-40(19-23-42)37-12-6-2-7-13-37;1-4-10-32(11-5-1)34-16-20-36(21-17-34)38-24-28-41(29-25-38)43(40-14-8-3-9-15-40)42-30-26-39(27-31-42)37-22-18-35(19-23-37)33-12-6-2-7-13-33;1-4-10-32(11-5-1)35-16-18-36(19-17-35)39-24-30-42(31-25-39)43(40-26-20-37(21-27-40)33-12-6-2-7-13-33)41-28-22-38(23-29-41)34-14-8-3-9-15-34/h1-35H;2*1-31H. The molecule has 0 aromatic heterocycles. The summed E-state index contributed by atoms with van der Waals surface area (Å²) in [6.07, 6.45) is 0. The molecule has 0 saturated carbocycles. The van der Waals surface area contributed by atoms with Gasteiger partial charge in [-0.1, -0.05) is 479 Å². The molecule has 0 heterocycles. The fourth-order valence-electron chi connectivity index (χ4n) is 17.7. The lowest BCUT2D eigenvalue weighted by Crippen LogP contribution is -2.09. The van der Waals surface area contributed by atoms with Crippen molar-refractivity contribution in [1.29, 1.82) is 0 Å². The van der Waals surface area contributed by atoms with Gasteiger partial charge >= 0.3 is 0 Å². The van der Waals surface area contributed by atoms with Crippen LogP contribution in [0.1, 0.15) is 0 Å². The molecule has 0 aliphatic rings. The van der Waals surface area contributed by atoms with Gasteiger partial charge in [0.25, 0.3) is 0 Å². The van der Waals surface area contributed by atoms with Crippen molar-refractivity contribution in [3.8, 4) is 145 Å². The van der Waals surface area contributed by atoms with Crippen molar-refractivity contribution >= 4 is 51.2 Å². The highest BCUT2D eigenvalue weighted by molar-refractivity contribution is 5.87. The van der Waals surface area contributed by atoms with E-state index in [1.54, 1.807) is 0 Å². The van der Waals surface area contributed by atoms with Crippen LogP contribution < -0.4 is 14.7 Å². The quantitative estimate of drug-likeness (QED) is 0.0670. The van der Waals surface area contributed by atoms with Crippen molar-refractivity contribution in [3.05, 3.63) is 588 Å². The summed E-state index contributed by atoms with van der Waals surface area (Å²) >= 11 is 0. The molecule has 0 unspecified atom stereocenters. The third-order valence-corrected chi connectivity index (χ3v) is 25.0. The second kappa shape index (κ2) is 41.3. The largest absolute Gasteiger partial charge is 0.311 e. The normalized spacial score (nSPS) is 10.8. The van der Waals surface area contributed by atoms with Crippen LogP contribution in [0.4, 0.5) is 51.2 Å². The Labute approximate surface area is 793 Å². The van der Waals surface area contributed by atoms with E-state index in [2.05, 4.69) is 603 Å². The van der Waals surface area contributed by atoms with E-state index in [1.807, 2.05) is 0 Å². The van der Waals surface area contributed by atoms with Crippen LogP contribution in [0.5, 0.6) is 0 Å². The Morgan fingerprint density at radius 2 is 0.126 bits per heavy atom. The van der Waals surface area contributed by atoms with Crippen molar-refractivity contribution in [1.82, 2.24) is 0 Å². The number of hydrogen-bond acceptors (Lipinski definition) is 3. The SMILES string of the molecule is c1ccc(-c2ccc(-c3ccc(N(c4ccc(-c5ccccc5)cc4)c4ccc(-c5ccc(-c6ccccc6)cc5)cc4)cc3)cc2)cc1.c1ccc(-c2ccc(-c3ccc(N(c4ccc(-c5ccccc5)cc4)c4ccc(-c5ccccc5)cc4)cc3)cc2)cc1.c1ccc(-c2ccc(-c3ccc(N(c4ccccc4)c4ccc(-c5ccc(-c6ccccc6)cc5)cc4)cc3)cc2)cc1. The molecule has 640 valence electrons. The van der Waals surface area contributed by atoms with Gasteiger partial charge in [-0.3, -0.25) is 0 Å². The molecule has 0 aliphatic carbocycles. The van der Waals surface area contributed by atoms with Gasteiger partial charge < -0.3 is 14.7 Å². The average molecular weight is 1730 g/mol. The van der Waals surface area contributed by atoms with Gasteiger partial charge in [-0.05, 0) is 254 Å². The molecule has 0 bridgehead atoms. The maximum Gasteiger partial charge on any atom is 0.0462 e. The maximum atomic E-state index is 2.33. The number of benzene rings is 22. The first kappa shape index (κ1) is 85.3. The Morgan fingerprint density at radius 3 is 0.222 bits per heavy atom. The Balaban J connectivity index is 0.000000126. The Morgan fingerprint density at radius 1 is 0.0593 bits per heavy atom. The Hall–Kier alpha value is -17.8. The lowest BCUT2D eigenvalue weighted by molar-refractivity contribution is 1.28. The third kappa shape index (κ3) is 20.5. The highest BCUT2D eigenvalue weighted by atomic mass is 15.2. The van der Waals surface area contributed by atoms with Crippen molar-refractivity contribution in [2.24, 2.45) is 0 Å². The van der Waals surface area contributed by atoms with Crippen LogP contribution in [0.2, 0.25) is 0 Å². The summed E-state index contributed by atoms with van der Waals surface area (Å²) in [6.45, 7) is 0. The van der Waals surface area contributed by atoms with E-state index in [9.17, 15) is 0 Å². The number of nitrogens with zero attached hydrogens (tertiary/aromatic N) is 3. The number of hydrogen-bond donors (Lipinski definition) is 0. The zero-order valence-electron chi connectivity index (χ0n) is 74.8. The summed E-state index contributed by atoms with van der Waals surface area (Å²) < 4.78 is 0. The topological polar surface area (TPSA) is 9.72 Å². The molecule has 3 heteroatoms. The molecule has 0 saturated heterocycles. The maximum absolute atomic E-state index is 2.33. The molecule has 0 amide bonds. The van der Waals surface area contributed by atoms with E-state index in [0.29, 0.717) is 0 Å². The predicted octanol–water partition coefficient (Wildman–Crippen LogP) is 37.1. The van der Waals surface area contributed by atoms with Crippen LogP contribution >= 0.6 is 0 Å². The molecule has 0 spiro atoms. The van der Waals surface area contributed by atoms with Gasteiger partial charge in [0.1, 0.15) is 0 Å². The third-order valence-electron chi connectivity index (χ3n) is 25.0. The first-order valence-corrected chi connectivity index (χ1v) is 46.1. The number of para-hydroxylation sites is 1. The minimum atomic E-state index is 1.11. The van der Waals surface area contributed by atoms with Crippen LogP contribution in [0.3, 0.4) is 0 Å². The monoisotopic (exact) mass is 1720 g/mol. The smallest absolute Gasteiger partial charge is 0.0462 e. The fraction of sp³-hybridized carbons (Fsp3) is 0. The minimum absolute atomic E-state index is 1.11. The summed E-state index contributed by atoms with van der Waals surface area (Å²) in [6, 6.07) is 210. The molecule has 0 N–H and O–H groups in total. The summed E-state index contributed by atoms with van der Waals surface area (Å²) in [7, 11) is 0. The number of rotatable bonds is 22. The van der Waals surface area contributed by atoms with E-state index in [1.165, 1.54) is 145 Å². The molecule has 22 aromatic carbocycles. The van der Waals surface area contributed by atoms with E-state index in [-0.39, 0.29) is 0 Å². The molecule has 0 atom stereocenters. The second-order valence-electron chi connectivity index (χ2n) is 33.5. The first-order chi connectivity index (χ1) is 66.9. The summed E-state index contributed by atoms with van der Waals surface area (Å²) in [5.74, 6) is 0. The molecular weight excluding hydrogens is 1630 g/mol. The molecule has 0 radical (unpaired) electrons. The van der Waals surface area contributed by atoms with Gasteiger partial charge in [0, 0.05) is 51.2 Å². The zero-order valence-corrected chi connectivity index (χ0v) is 74.8. The van der Waals surface area contributed by atoms with Crippen LogP contribution in [0.25, 0.3) is 145 Å². The van der Waals surface area contributed by atoms with Crippen molar-refractivity contribution in [2.75, 3.05) is 14.7 Å². The molecule has 0 aliphatic heterocycles. The minimum Gasteiger partial charge on any atom is -0.311 e. The first-order valence-electron chi connectivity index (χ1n) is 46.1. The van der Waals surface area contributed by atoms with E-state index >= 15 is 0 Å². The molecular formula is C132H97N3. The number of anilines is 9. The predicted molar refractivity (Wildman–Crippen MR) is 574 cm³/mol. The van der Waals surface area contributed by atoms with Crippen LogP contribution in [-0.4, -0.2) is 0 Å². The van der Waals surface area contributed by atoms with E-state index in [0.717, 1.165) is 51.2 Å². The van der Waals surface area contributed by atoms with E-state index < -0.39 is 0 Å². The zero-order chi connectivity index (χ0) is 90.5. The van der Waals surface area contributed by atoms with Crippen molar-refractivity contribution in [3.63, 3.8) is 0 Å². The molecule has 22 rings (SSSR count). The lowest BCUT2D eigenvalue weighted by Gasteiger charge is -2.26. The van der Waals surface area contributed by atoms with Crippen molar-refractivity contribution < 1.29 is 0 Å². The van der Waals surface area contributed by atoms with Gasteiger partial charge in [0.05, 0.1) is 0 Å².